The van der Waals surface area contributed by atoms with Gasteiger partial charge >= 0.3 is 6.09 Å². The molecular formula is C32H50N4O6. The van der Waals surface area contributed by atoms with Crippen LogP contribution in [0.25, 0.3) is 0 Å². The molecule has 0 radical (unpaired) electrons. The van der Waals surface area contributed by atoms with Gasteiger partial charge in [0.2, 0.25) is 17.6 Å². The SMILES string of the molecule is CC(C)(C)OC(=O)N[C@@H](C(=O)N1CC2C(C1C(=O)NC(C)(C(=O)C(=O)N1CCC1)C1CCC1)C2(C)C)C1CCCCC1. The first-order valence-electron chi connectivity index (χ1n) is 16.1. The Hall–Kier alpha value is -2.65. The summed E-state index contributed by atoms with van der Waals surface area (Å²) in [5, 5.41) is 5.93. The zero-order valence-electron chi connectivity index (χ0n) is 26.3. The molecule has 10 heteroatoms. The fraction of sp³-hybridized carbons (Fsp3) is 0.844. The first-order valence-corrected chi connectivity index (χ1v) is 16.1. The van der Waals surface area contributed by atoms with Crippen molar-refractivity contribution in [2.45, 2.75) is 123 Å². The number of piperidine rings is 1. The number of carbonyl (C=O) groups excluding carboxylic acids is 5. The van der Waals surface area contributed by atoms with Crippen LogP contribution in [-0.4, -0.2) is 82.3 Å². The summed E-state index contributed by atoms with van der Waals surface area (Å²) in [7, 11) is 0. The smallest absolute Gasteiger partial charge is 0.408 e. The van der Waals surface area contributed by atoms with E-state index < -0.39 is 41.0 Å². The van der Waals surface area contributed by atoms with E-state index in [1.165, 1.54) is 0 Å². The molecule has 5 atom stereocenters. The molecule has 2 N–H and O–H groups in total. The number of fused-ring (bicyclic) bond motifs is 1. The minimum Gasteiger partial charge on any atom is -0.444 e. The molecule has 2 heterocycles. The standard InChI is InChI=1S/C32H50N4O6/c1-30(2,3)42-29(41)33-23(19-12-8-7-9-13-19)27(39)36-18-21-22(31(21,4)5)24(36)26(38)34-32(6,20-14-10-15-20)25(37)28(40)35-16-11-17-35/h19-24H,7-18H2,1-6H3,(H,33,41)(H,34,38)/t21?,22?,23-,24?,32?/m1/s1. The van der Waals surface area contributed by atoms with Crippen molar-refractivity contribution < 1.29 is 28.7 Å². The highest BCUT2D eigenvalue weighted by atomic mass is 16.6. The van der Waals surface area contributed by atoms with Gasteiger partial charge in [0.05, 0.1) is 0 Å². The van der Waals surface area contributed by atoms with E-state index in [1.54, 1.807) is 37.5 Å². The maximum atomic E-state index is 14.3. The van der Waals surface area contributed by atoms with E-state index in [0.29, 0.717) is 19.6 Å². The van der Waals surface area contributed by atoms with E-state index in [1.807, 2.05) is 0 Å². The van der Waals surface area contributed by atoms with E-state index >= 15 is 0 Å². The minimum atomic E-state index is -1.31. The first-order chi connectivity index (χ1) is 19.6. The summed E-state index contributed by atoms with van der Waals surface area (Å²) in [6, 6.07) is -1.56. The Bertz CT molecular complexity index is 1120. The van der Waals surface area contributed by atoms with Crippen molar-refractivity contribution in [3.8, 4) is 0 Å². The third-order valence-corrected chi connectivity index (χ3v) is 10.9. The van der Waals surface area contributed by atoms with Crippen LogP contribution in [0.4, 0.5) is 4.79 Å². The molecule has 4 amide bonds. The van der Waals surface area contributed by atoms with Gasteiger partial charge in [-0.1, -0.05) is 39.5 Å². The average molecular weight is 587 g/mol. The summed E-state index contributed by atoms with van der Waals surface area (Å²) in [6.45, 7) is 12.8. The molecule has 10 nitrogen and oxygen atoms in total. The number of amides is 4. The predicted molar refractivity (Wildman–Crippen MR) is 156 cm³/mol. The van der Waals surface area contributed by atoms with Gasteiger partial charge in [-0.15, -0.1) is 0 Å². The maximum Gasteiger partial charge on any atom is 0.408 e. The van der Waals surface area contributed by atoms with Crippen molar-refractivity contribution in [2.75, 3.05) is 19.6 Å². The van der Waals surface area contributed by atoms with Gasteiger partial charge in [0.25, 0.3) is 5.91 Å². The predicted octanol–water partition coefficient (Wildman–Crippen LogP) is 3.42. The van der Waals surface area contributed by atoms with E-state index in [-0.39, 0.29) is 40.9 Å². The van der Waals surface area contributed by atoms with E-state index in [2.05, 4.69) is 24.5 Å². The number of likely N-dealkylation sites (tertiary alicyclic amines) is 2. The molecule has 4 unspecified atom stereocenters. The minimum absolute atomic E-state index is 0.0385. The second-order valence-electron chi connectivity index (χ2n) is 15.2. The largest absolute Gasteiger partial charge is 0.444 e. The summed E-state index contributed by atoms with van der Waals surface area (Å²) in [5.74, 6) is -1.78. The number of rotatable bonds is 8. The number of hydrogen-bond acceptors (Lipinski definition) is 6. The van der Waals surface area contributed by atoms with Crippen LogP contribution in [0.1, 0.15) is 99.3 Å². The van der Waals surface area contributed by atoms with Gasteiger partial charge in [0.15, 0.2) is 0 Å². The topological polar surface area (TPSA) is 125 Å². The molecular weight excluding hydrogens is 536 g/mol. The average Bonchev–Trinajstić information content (AvgIpc) is 3.17. The zero-order chi connectivity index (χ0) is 30.6. The molecule has 2 saturated heterocycles. The fourth-order valence-electron chi connectivity index (χ4n) is 7.82. The lowest BCUT2D eigenvalue weighted by molar-refractivity contribution is -0.154. The molecule has 5 fully saturated rings. The maximum absolute atomic E-state index is 14.3. The van der Waals surface area contributed by atoms with Gasteiger partial charge in [0.1, 0.15) is 23.2 Å². The van der Waals surface area contributed by atoms with Crippen molar-refractivity contribution in [1.82, 2.24) is 20.4 Å². The second-order valence-corrected chi connectivity index (χ2v) is 15.2. The van der Waals surface area contributed by atoms with Crippen molar-refractivity contribution in [2.24, 2.45) is 29.1 Å². The molecule has 0 aromatic rings. The first kappa shape index (κ1) is 30.8. The Balaban J connectivity index is 1.39. The van der Waals surface area contributed by atoms with Crippen LogP contribution < -0.4 is 10.6 Å². The van der Waals surface area contributed by atoms with Crippen LogP contribution in [0.5, 0.6) is 0 Å². The highest BCUT2D eigenvalue weighted by molar-refractivity contribution is 6.40. The zero-order valence-corrected chi connectivity index (χ0v) is 26.3. The molecule has 0 spiro atoms. The third-order valence-electron chi connectivity index (χ3n) is 10.9. The summed E-state index contributed by atoms with van der Waals surface area (Å²) >= 11 is 0. The van der Waals surface area contributed by atoms with Crippen molar-refractivity contribution in [3.05, 3.63) is 0 Å². The summed E-state index contributed by atoms with van der Waals surface area (Å²) in [6.07, 6.45) is 7.44. The summed E-state index contributed by atoms with van der Waals surface area (Å²) in [5.41, 5.74) is -2.15. The fourth-order valence-corrected chi connectivity index (χ4v) is 7.82. The molecule has 0 aromatic heterocycles. The Morgan fingerprint density at radius 1 is 0.881 bits per heavy atom. The van der Waals surface area contributed by atoms with Gasteiger partial charge < -0.3 is 25.2 Å². The number of ether oxygens (including phenoxy) is 1. The lowest BCUT2D eigenvalue weighted by Gasteiger charge is -2.44. The molecule has 5 aliphatic rings. The number of Topliss-reactive ketones (excluding diaryl/α,β-unsaturated/α-hetero) is 1. The van der Waals surface area contributed by atoms with Crippen LogP contribution in [0, 0.1) is 29.1 Å². The van der Waals surface area contributed by atoms with Crippen LogP contribution in [0.2, 0.25) is 0 Å². The molecule has 5 rings (SSSR count). The Morgan fingerprint density at radius 3 is 2.05 bits per heavy atom. The molecule has 2 aliphatic heterocycles. The molecule has 42 heavy (non-hydrogen) atoms. The van der Waals surface area contributed by atoms with E-state index in [9.17, 15) is 24.0 Å². The lowest BCUT2D eigenvalue weighted by atomic mass is 9.69. The highest BCUT2D eigenvalue weighted by Crippen LogP contribution is 2.65. The molecule has 0 bridgehead atoms. The number of nitrogens with one attached hydrogen (secondary N) is 2. The number of carbonyl (C=O) groups is 5. The quantitative estimate of drug-likeness (QED) is 0.420. The Labute approximate surface area is 250 Å². The van der Waals surface area contributed by atoms with Crippen LogP contribution in [-0.2, 0) is 23.9 Å². The molecule has 3 aliphatic carbocycles. The number of ketones is 1. The van der Waals surface area contributed by atoms with Gasteiger partial charge in [0, 0.05) is 19.6 Å². The van der Waals surface area contributed by atoms with Gasteiger partial charge in [-0.2, -0.15) is 0 Å². The van der Waals surface area contributed by atoms with Gasteiger partial charge in [-0.3, -0.25) is 19.2 Å². The number of nitrogens with zero attached hydrogens (tertiary/aromatic N) is 2. The monoisotopic (exact) mass is 586 g/mol. The highest BCUT2D eigenvalue weighted by Gasteiger charge is 2.70. The molecule has 3 saturated carbocycles. The van der Waals surface area contributed by atoms with Crippen molar-refractivity contribution in [1.29, 1.82) is 0 Å². The van der Waals surface area contributed by atoms with Crippen LogP contribution in [0.15, 0.2) is 0 Å². The van der Waals surface area contributed by atoms with Crippen molar-refractivity contribution in [3.63, 3.8) is 0 Å². The second kappa shape index (κ2) is 11.1. The van der Waals surface area contributed by atoms with Gasteiger partial charge in [-0.25, -0.2) is 4.79 Å². The third kappa shape index (κ3) is 5.66. The summed E-state index contributed by atoms with van der Waals surface area (Å²) < 4.78 is 5.53. The number of hydrogen-bond donors (Lipinski definition) is 2. The Morgan fingerprint density at radius 2 is 1.52 bits per heavy atom. The lowest BCUT2D eigenvalue weighted by Crippen LogP contribution is -2.66. The molecule has 0 aromatic carbocycles. The van der Waals surface area contributed by atoms with Gasteiger partial charge in [-0.05, 0) is 88.9 Å². The Kier molecular flexibility index (Phi) is 8.16. The van der Waals surface area contributed by atoms with Crippen LogP contribution >= 0.6 is 0 Å². The summed E-state index contributed by atoms with van der Waals surface area (Å²) in [4.78, 5) is 71.3. The normalized spacial score (nSPS) is 29.2. The van der Waals surface area contributed by atoms with Crippen LogP contribution in [0.3, 0.4) is 0 Å². The van der Waals surface area contributed by atoms with E-state index in [0.717, 1.165) is 57.8 Å². The molecule has 234 valence electrons. The van der Waals surface area contributed by atoms with E-state index in [4.69, 9.17) is 4.74 Å². The van der Waals surface area contributed by atoms with Crippen molar-refractivity contribution >= 4 is 29.6 Å². The number of alkyl carbamates (subject to hydrolysis) is 1.